The number of guanidine groups is 2. The molecule has 11 heteroatoms. The van der Waals surface area contributed by atoms with Crippen molar-refractivity contribution < 1.29 is 18.0 Å². The van der Waals surface area contributed by atoms with E-state index < -0.39 is 17.7 Å². The van der Waals surface area contributed by atoms with E-state index in [2.05, 4.69) is 20.3 Å². The zero-order chi connectivity index (χ0) is 21.7. The Balaban J connectivity index is 1.78. The number of halogens is 4. The van der Waals surface area contributed by atoms with Gasteiger partial charge in [0.2, 0.25) is 17.8 Å². The third kappa shape index (κ3) is 6.07. The summed E-state index contributed by atoms with van der Waals surface area (Å²) in [7, 11) is 0. The van der Waals surface area contributed by atoms with Crippen molar-refractivity contribution in [1.82, 2.24) is 5.32 Å². The molecule has 30 heavy (non-hydrogen) atoms. The maximum absolute atomic E-state index is 13.1. The zero-order valence-electron chi connectivity index (χ0n) is 15.3. The normalized spacial score (nSPS) is 16.4. The number of aliphatic imine (C=N–C) groups is 3. The Hall–Kier alpha value is -2.85. The van der Waals surface area contributed by atoms with E-state index >= 15 is 0 Å². The van der Waals surface area contributed by atoms with Crippen molar-refractivity contribution in [3.63, 3.8) is 0 Å². The fourth-order valence-electron chi connectivity index (χ4n) is 2.47. The van der Waals surface area contributed by atoms with E-state index in [0.29, 0.717) is 16.5 Å². The number of nitrogens with one attached hydrogen (secondary N) is 1. The van der Waals surface area contributed by atoms with Gasteiger partial charge in [0.15, 0.2) is 0 Å². The van der Waals surface area contributed by atoms with Gasteiger partial charge in [-0.2, -0.15) is 18.2 Å². The van der Waals surface area contributed by atoms with Crippen LogP contribution in [0.5, 0.6) is 0 Å². The number of carbonyl (C=O) groups excluding carboxylic acids is 1. The standard InChI is InChI=1S/C19H15ClF3N5OS/c20-11-5-7-13(8-6-11)30-10-12-9-16(29)27-18(25-12)28-17(24)26-15-4-2-1-3-14(15)19(21,22)23/h1-8H,9-10H2,(H3,24,26,27,28,29). The highest BCUT2D eigenvalue weighted by Crippen LogP contribution is 2.36. The van der Waals surface area contributed by atoms with E-state index in [1.165, 1.54) is 30.0 Å². The Morgan fingerprint density at radius 2 is 1.90 bits per heavy atom. The first-order chi connectivity index (χ1) is 14.2. The van der Waals surface area contributed by atoms with Crippen molar-refractivity contribution in [3.8, 4) is 0 Å². The number of amides is 1. The van der Waals surface area contributed by atoms with E-state index in [9.17, 15) is 18.0 Å². The smallest absolute Gasteiger partial charge is 0.368 e. The number of carbonyl (C=O) groups is 1. The molecule has 0 atom stereocenters. The first kappa shape index (κ1) is 21.8. The molecular formula is C19H15ClF3N5OS. The molecule has 0 saturated heterocycles. The van der Waals surface area contributed by atoms with Crippen LogP contribution in [0.25, 0.3) is 0 Å². The molecule has 1 aliphatic rings. The lowest BCUT2D eigenvalue weighted by Crippen LogP contribution is -2.37. The molecule has 0 fully saturated rings. The number of benzene rings is 2. The van der Waals surface area contributed by atoms with E-state index in [1.54, 1.807) is 12.1 Å². The minimum Gasteiger partial charge on any atom is -0.368 e. The van der Waals surface area contributed by atoms with Crippen LogP contribution in [0.15, 0.2) is 68.4 Å². The fraction of sp³-hybridized carbons (Fsp3) is 0.158. The average molecular weight is 454 g/mol. The fourth-order valence-corrected chi connectivity index (χ4v) is 3.43. The van der Waals surface area contributed by atoms with E-state index in [4.69, 9.17) is 17.3 Å². The summed E-state index contributed by atoms with van der Waals surface area (Å²) >= 11 is 7.31. The largest absolute Gasteiger partial charge is 0.418 e. The molecule has 0 bridgehead atoms. The van der Waals surface area contributed by atoms with Crippen LogP contribution in [-0.2, 0) is 11.0 Å². The number of hydrogen-bond donors (Lipinski definition) is 2. The third-order valence-electron chi connectivity index (χ3n) is 3.76. The first-order valence-electron chi connectivity index (χ1n) is 8.54. The van der Waals surface area contributed by atoms with Crippen molar-refractivity contribution in [1.29, 1.82) is 0 Å². The van der Waals surface area contributed by atoms with Crippen LogP contribution in [0.1, 0.15) is 12.0 Å². The lowest BCUT2D eigenvalue weighted by atomic mass is 10.2. The van der Waals surface area contributed by atoms with Crippen LogP contribution >= 0.6 is 23.4 Å². The van der Waals surface area contributed by atoms with Crippen LogP contribution in [-0.4, -0.2) is 29.3 Å². The summed E-state index contributed by atoms with van der Waals surface area (Å²) in [6.07, 6.45) is -4.51. The molecule has 1 amide bonds. The summed E-state index contributed by atoms with van der Waals surface area (Å²) < 4.78 is 39.2. The molecule has 0 unspecified atom stereocenters. The van der Waals surface area contributed by atoms with Crippen molar-refractivity contribution in [3.05, 3.63) is 59.1 Å². The second kappa shape index (κ2) is 9.31. The molecule has 6 nitrogen and oxygen atoms in total. The molecule has 1 aliphatic heterocycles. The molecule has 2 aromatic rings. The second-order valence-corrected chi connectivity index (χ2v) is 7.55. The number of nitrogens with two attached hydrogens (primary N) is 1. The summed E-state index contributed by atoms with van der Waals surface area (Å²) in [6, 6.07) is 11.9. The Morgan fingerprint density at radius 1 is 1.20 bits per heavy atom. The Labute approximate surface area is 179 Å². The molecule has 3 rings (SSSR count). The van der Waals surface area contributed by atoms with Gasteiger partial charge in [-0.05, 0) is 36.4 Å². The van der Waals surface area contributed by atoms with Gasteiger partial charge in [-0.25, -0.2) is 9.98 Å². The number of rotatable bonds is 4. The van der Waals surface area contributed by atoms with Crippen LogP contribution < -0.4 is 11.1 Å². The Bertz CT molecular complexity index is 1040. The van der Waals surface area contributed by atoms with Crippen LogP contribution in [0.2, 0.25) is 5.02 Å². The lowest BCUT2D eigenvalue weighted by Gasteiger charge is -2.14. The Kier molecular flexibility index (Phi) is 6.78. The third-order valence-corrected chi connectivity index (χ3v) is 5.10. The number of hydrogen-bond acceptors (Lipinski definition) is 3. The number of para-hydroxylation sites is 1. The molecule has 156 valence electrons. The molecule has 2 aromatic carbocycles. The summed E-state index contributed by atoms with van der Waals surface area (Å²) in [4.78, 5) is 24.7. The number of nitrogens with zero attached hydrogens (tertiary/aromatic N) is 3. The van der Waals surface area contributed by atoms with Crippen molar-refractivity contribution in [2.24, 2.45) is 20.7 Å². The van der Waals surface area contributed by atoms with Gasteiger partial charge in [-0.1, -0.05) is 23.7 Å². The van der Waals surface area contributed by atoms with Crippen molar-refractivity contribution in [2.75, 3.05) is 5.75 Å². The SMILES string of the molecule is NC(=Nc1ccccc1C(F)(F)F)N=C1N=C(CSc2ccc(Cl)cc2)CC(=O)N1. The minimum atomic E-state index is -4.59. The van der Waals surface area contributed by atoms with Gasteiger partial charge in [0, 0.05) is 21.4 Å². The highest BCUT2D eigenvalue weighted by atomic mass is 35.5. The summed E-state index contributed by atoms with van der Waals surface area (Å²) in [5.74, 6) is -0.512. The summed E-state index contributed by atoms with van der Waals surface area (Å²) in [5, 5.41) is 3.04. The van der Waals surface area contributed by atoms with Crippen LogP contribution in [0, 0.1) is 0 Å². The van der Waals surface area contributed by atoms with Gasteiger partial charge >= 0.3 is 6.18 Å². The molecule has 1 heterocycles. The van der Waals surface area contributed by atoms with Crippen LogP contribution in [0.4, 0.5) is 18.9 Å². The second-order valence-electron chi connectivity index (χ2n) is 6.07. The van der Waals surface area contributed by atoms with Gasteiger partial charge in [0.05, 0.1) is 17.7 Å². The molecule has 3 N–H and O–H groups in total. The van der Waals surface area contributed by atoms with E-state index in [0.717, 1.165) is 11.0 Å². The number of thioether (sulfide) groups is 1. The van der Waals surface area contributed by atoms with Crippen molar-refractivity contribution >= 4 is 52.6 Å². The zero-order valence-corrected chi connectivity index (χ0v) is 16.9. The molecule has 0 saturated carbocycles. The Morgan fingerprint density at radius 3 is 2.60 bits per heavy atom. The highest BCUT2D eigenvalue weighted by molar-refractivity contribution is 8.00. The van der Waals surface area contributed by atoms with E-state index in [-0.39, 0.29) is 24.0 Å². The van der Waals surface area contributed by atoms with Gasteiger partial charge < -0.3 is 5.73 Å². The minimum absolute atomic E-state index is 0.0769. The highest BCUT2D eigenvalue weighted by Gasteiger charge is 2.33. The predicted molar refractivity (Wildman–Crippen MR) is 113 cm³/mol. The monoisotopic (exact) mass is 453 g/mol. The van der Waals surface area contributed by atoms with E-state index in [1.807, 2.05) is 12.1 Å². The van der Waals surface area contributed by atoms with Crippen LogP contribution in [0.3, 0.4) is 0 Å². The topological polar surface area (TPSA) is 92.2 Å². The molecular weight excluding hydrogens is 439 g/mol. The van der Waals surface area contributed by atoms with Crippen molar-refractivity contribution in [2.45, 2.75) is 17.5 Å². The maximum atomic E-state index is 13.1. The maximum Gasteiger partial charge on any atom is 0.418 e. The number of alkyl halides is 3. The van der Waals surface area contributed by atoms with Gasteiger partial charge in [0.25, 0.3) is 0 Å². The summed E-state index contributed by atoms with van der Waals surface area (Å²) in [5.41, 5.74) is 4.90. The summed E-state index contributed by atoms with van der Waals surface area (Å²) in [6.45, 7) is 0. The first-order valence-corrected chi connectivity index (χ1v) is 9.91. The average Bonchev–Trinajstić information content (AvgIpc) is 2.66. The molecule has 0 spiro atoms. The van der Waals surface area contributed by atoms with Gasteiger partial charge in [-0.15, -0.1) is 11.8 Å². The lowest BCUT2D eigenvalue weighted by molar-refractivity contribution is -0.137. The molecule has 0 aliphatic carbocycles. The quantitative estimate of drug-likeness (QED) is 0.408. The predicted octanol–water partition coefficient (Wildman–Crippen LogP) is 4.41. The van der Waals surface area contributed by atoms with Gasteiger partial charge in [-0.3, -0.25) is 10.1 Å². The molecule has 0 aromatic heterocycles. The molecule has 0 radical (unpaired) electrons. The van der Waals surface area contributed by atoms with Gasteiger partial charge in [0.1, 0.15) is 0 Å².